The molecule has 0 fully saturated rings. The fourth-order valence-corrected chi connectivity index (χ4v) is 2.44. The Morgan fingerprint density at radius 2 is 2.29 bits per heavy atom. The Kier molecular flexibility index (Phi) is 2.22. The normalized spacial score (nSPS) is 10.4. The van der Waals surface area contributed by atoms with Gasteiger partial charge in [0.2, 0.25) is 0 Å². The molecule has 1 heterocycles. The number of hydrogen-bond donors (Lipinski definition) is 0. The van der Waals surface area contributed by atoms with Crippen LogP contribution in [0.1, 0.15) is 17.4 Å². The summed E-state index contributed by atoms with van der Waals surface area (Å²) in [4.78, 5) is 0.639. The van der Waals surface area contributed by atoms with E-state index in [0.717, 1.165) is 10.1 Å². The zero-order valence-electron chi connectivity index (χ0n) is 7.67. The van der Waals surface area contributed by atoms with Gasteiger partial charge in [-0.05, 0) is 35.6 Å². The van der Waals surface area contributed by atoms with E-state index < -0.39 is 0 Å². The van der Waals surface area contributed by atoms with E-state index in [1.54, 1.807) is 12.1 Å². The minimum atomic E-state index is -0.178. The highest BCUT2D eigenvalue weighted by atomic mass is 32.1. The summed E-state index contributed by atoms with van der Waals surface area (Å²) >= 11 is 1.41. The second kappa shape index (κ2) is 3.39. The number of nitrogens with zero attached hydrogens (tertiary/aromatic N) is 1. The first-order valence-corrected chi connectivity index (χ1v) is 5.19. The number of thiophene rings is 1. The number of halogens is 1. The molecule has 0 aliphatic heterocycles. The number of rotatable bonds is 1. The average molecular weight is 205 g/mol. The molecular weight excluding hydrogens is 197 g/mol. The smallest absolute Gasteiger partial charge is 0.127 e. The van der Waals surface area contributed by atoms with Crippen LogP contribution in [0, 0.1) is 17.1 Å². The maximum absolute atomic E-state index is 13.4. The van der Waals surface area contributed by atoms with Crippen molar-refractivity contribution < 1.29 is 4.39 Å². The lowest BCUT2D eigenvalue weighted by molar-refractivity contribution is 0.615. The topological polar surface area (TPSA) is 23.8 Å². The van der Waals surface area contributed by atoms with Gasteiger partial charge < -0.3 is 0 Å². The highest BCUT2D eigenvalue weighted by molar-refractivity contribution is 7.19. The average Bonchev–Trinajstić information content (AvgIpc) is 2.60. The zero-order valence-corrected chi connectivity index (χ0v) is 8.49. The zero-order chi connectivity index (χ0) is 10.1. The Hall–Kier alpha value is -1.40. The molecule has 1 aromatic heterocycles. The summed E-state index contributed by atoms with van der Waals surface area (Å²) in [6.45, 7) is 1.92. The molecule has 2 aromatic rings. The number of nitriles is 1. The molecule has 0 unspecified atom stereocenters. The largest absolute Gasteiger partial charge is 0.207 e. The van der Waals surface area contributed by atoms with E-state index in [9.17, 15) is 4.39 Å². The van der Waals surface area contributed by atoms with Gasteiger partial charge in [0.05, 0.1) is 0 Å². The van der Waals surface area contributed by atoms with Crippen LogP contribution in [0.2, 0.25) is 0 Å². The third-order valence-electron chi connectivity index (χ3n) is 2.22. The predicted molar refractivity (Wildman–Crippen MR) is 55.9 cm³/mol. The van der Waals surface area contributed by atoms with E-state index in [1.165, 1.54) is 17.4 Å². The molecule has 0 saturated carbocycles. The van der Waals surface area contributed by atoms with Gasteiger partial charge in [-0.3, -0.25) is 0 Å². The minimum absolute atomic E-state index is 0.178. The molecule has 14 heavy (non-hydrogen) atoms. The fraction of sp³-hybridized carbons (Fsp3) is 0.182. The van der Waals surface area contributed by atoms with Gasteiger partial charge in [0.25, 0.3) is 0 Å². The second-order valence-corrected chi connectivity index (χ2v) is 4.10. The summed E-state index contributed by atoms with van der Waals surface area (Å²) in [5, 5.41) is 9.62. The van der Waals surface area contributed by atoms with Crippen LogP contribution in [0.4, 0.5) is 4.39 Å². The molecule has 0 radical (unpaired) electrons. The van der Waals surface area contributed by atoms with Gasteiger partial charge in [0.1, 0.15) is 16.8 Å². The van der Waals surface area contributed by atoms with Crippen molar-refractivity contribution in [3.63, 3.8) is 0 Å². The summed E-state index contributed by atoms with van der Waals surface area (Å²) in [6.07, 6.45) is 0.658. The summed E-state index contributed by atoms with van der Waals surface area (Å²) in [7, 11) is 0. The molecule has 3 heteroatoms. The fourth-order valence-electron chi connectivity index (χ4n) is 1.56. The van der Waals surface area contributed by atoms with Gasteiger partial charge in [-0.25, -0.2) is 4.39 Å². The Morgan fingerprint density at radius 3 is 2.93 bits per heavy atom. The van der Waals surface area contributed by atoms with Crippen molar-refractivity contribution in [2.75, 3.05) is 0 Å². The molecule has 0 saturated heterocycles. The summed E-state index contributed by atoms with van der Waals surface area (Å²) < 4.78 is 14.3. The van der Waals surface area contributed by atoms with Crippen molar-refractivity contribution in [2.24, 2.45) is 0 Å². The minimum Gasteiger partial charge on any atom is -0.207 e. The van der Waals surface area contributed by atoms with E-state index in [1.807, 2.05) is 6.92 Å². The first-order chi connectivity index (χ1) is 6.76. The number of benzene rings is 1. The maximum Gasteiger partial charge on any atom is 0.127 e. The molecular formula is C11H8FNS. The molecule has 70 valence electrons. The van der Waals surface area contributed by atoms with Crippen molar-refractivity contribution in [3.05, 3.63) is 34.5 Å². The molecule has 0 amide bonds. The molecule has 0 N–H and O–H groups in total. The van der Waals surface area contributed by atoms with Crippen LogP contribution in [-0.4, -0.2) is 0 Å². The number of aryl methyl sites for hydroxylation is 1. The predicted octanol–water partition coefficient (Wildman–Crippen LogP) is 3.47. The van der Waals surface area contributed by atoms with Gasteiger partial charge >= 0.3 is 0 Å². The second-order valence-electron chi connectivity index (χ2n) is 3.01. The van der Waals surface area contributed by atoms with E-state index in [4.69, 9.17) is 5.26 Å². The van der Waals surface area contributed by atoms with Crippen molar-refractivity contribution in [1.82, 2.24) is 0 Å². The summed E-state index contributed by atoms with van der Waals surface area (Å²) in [5.74, 6) is -0.178. The SMILES string of the molecule is CCc1c(F)ccc2sc(C#N)cc12. The Balaban J connectivity index is 2.81. The van der Waals surface area contributed by atoms with Crippen LogP contribution in [0.3, 0.4) is 0 Å². The lowest BCUT2D eigenvalue weighted by Crippen LogP contribution is -1.86. The van der Waals surface area contributed by atoms with Crippen LogP contribution in [-0.2, 0) is 6.42 Å². The molecule has 1 aromatic carbocycles. The van der Waals surface area contributed by atoms with Crippen molar-refractivity contribution in [1.29, 1.82) is 5.26 Å². The highest BCUT2D eigenvalue weighted by Crippen LogP contribution is 2.29. The lowest BCUT2D eigenvalue weighted by atomic mass is 10.1. The molecule has 2 rings (SSSR count). The summed E-state index contributed by atoms with van der Waals surface area (Å²) in [6, 6.07) is 7.05. The molecule has 0 aliphatic rings. The van der Waals surface area contributed by atoms with Gasteiger partial charge in [-0.15, -0.1) is 11.3 Å². The van der Waals surface area contributed by atoms with Gasteiger partial charge in [-0.2, -0.15) is 5.26 Å². The van der Waals surface area contributed by atoms with Crippen LogP contribution < -0.4 is 0 Å². The van der Waals surface area contributed by atoms with Gasteiger partial charge in [0, 0.05) is 4.70 Å². The standard InChI is InChI=1S/C11H8FNS/c1-2-8-9-5-7(6-13)14-11(9)4-3-10(8)12/h3-5H,2H2,1H3. The quantitative estimate of drug-likeness (QED) is 0.699. The molecule has 0 bridgehead atoms. The van der Waals surface area contributed by atoms with E-state index in [-0.39, 0.29) is 5.82 Å². The van der Waals surface area contributed by atoms with E-state index in [0.29, 0.717) is 16.9 Å². The molecule has 1 nitrogen and oxygen atoms in total. The molecule has 0 aliphatic carbocycles. The first-order valence-electron chi connectivity index (χ1n) is 4.37. The van der Waals surface area contributed by atoms with Crippen molar-refractivity contribution >= 4 is 21.4 Å². The van der Waals surface area contributed by atoms with Crippen LogP contribution in [0.25, 0.3) is 10.1 Å². The lowest BCUT2D eigenvalue weighted by Gasteiger charge is -2.00. The van der Waals surface area contributed by atoms with Crippen molar-refractivity contribution in [2.45, 2.75) is 13.3 Å². The third kappa shape index (κ3) is 1.28. The van der Waals surface area contributed by atoms with E-state index in [2.05, 4.69) is 6.07 Å². The monoisotopic (exact) mass is 205 g/mol. The van der Waals surface area contributed by atoms with E-state index >= 15 is 0 Å². The highest BCUT2D eigenvalue weighted by Gasteiger charge is 2.08. The Morgan fingerprint density at radius 1 is 1.50 bits per heavy atom. The first kappa shape index (κ1) is 9.17. The summed E-state index contributed by atoms with van der Waals surface area (Å²) in [5.41, 5.74) is 0.709. The number of fused-ring (bicyclic) bond motifs is 1. The van der Waals surface area contributed by atoms with Gasteiger partial charge in [-0.1, -0.05) is 6.92 Å². The Bertz CT molecular complexity index is 522. The molecule has 0 spiro atoms. The van der Waals surface area contributed by atoms with Crippen molar-refractivity contribution in [3.8, 4) is 6.07 Å². The van der Waals surface area contributed by atoms with Crippen LogP contribution >= 0.6 is 11.3 Å². The van der Waals surface area contributed by atoms with Crippen LogP contribution in [0.5, 0.6) is 0 Å². The molecule has 0 atom stereocenters. The third-order valence-corrected chi connectivity index (χ3v) is 3.22. The Labute approximate surface area is 85.4 Å². The van der Waals surface area contributed by atoms with Crippen LogP contribution in [0.15, 0.2) is 18.2 Å². The van der Waals surface area contributed by atoms with Gasteiger partial charge in [0.15, 0.2) is 0 Å². The maximum atomic E-state index is 13.4. The number of hydrogen-bond acceptors (Lipinski definition) is 2.